The first-order valence-corrected chi connectivity index (χ1v) is 6.92. The smallest absolute Gasteiger partial charge is 0.0595 e. The zero-order valence-electron chi connectivity index (χ0n) is 9.06. The summed E-state index contributed by atoms with van der Waals surface area (Å²) in [5.74, 6) is 0.702. The van der Waals surface area contributed by atoms with Gasteiger partial charge in [-0.3, -0.25) is 0 Å². The summed E-state index contributed by atoms with van der Waals surface area (Å²) in [5, 5.41) is 1.64. The van der Waals surface area contributed by atoms with E-state index in [0.717, 1.165) is 12.8 Å². The molecular formula is C13H15Cl3. The topological polar surface area (TPSA) is 0 Å². The van der Waals surface area contributed by atoms with Crippen molar-refractivity contribution in [3.63, 3.8) is 0 Å². The van der Waals surface area contributed by atoms with Crippen molar-refractivity contribution in [2.24, 2.45) is 5.92 Å². The molecule has 2 atom stereocenters. The maximum absolute atomic E-state index is 6.19. The van der Waals surface area contributed by atoms with Gasteiger partial charge in [-0.15, -0.1) is 11.6 Å². The molecule has 1 aromatic carbocycles. The minimum Gasteiger partial charge on any atom is -0.123 e. The Kier molecular flexibility index (Phi) is 4.41. The standard InChI is InChI=1S/C13H15Cl3/c14-11-3-1-2-9(7-11)6-10-4-5-12(15)13(16)8-10/h4-5,8-9,11H,1-3,6-7H2. The number of benzene rings is 1. The molecule has 88 valence electrons. The van der Waals surface area contributed by atoms with Gasteiger partial charge in [0.05, 0.1) is 10.0 Å². The summed E-state index contributed by atoms with van der Waals surface area (Å²) < 4.78 is 0. The number of rotatable bonds is 2. The first-order chi connectivity index (χ1) is 7.65. The molecule has 1 fully saturated rings. The largest absolute Gasteiger partial charge is 0.123 e. The van der Waals surface area contributed by atoms with Crippen LogP contribution in [0.15, 0.2) is 18.2 Å². The lowest BCUT2D eigenvalue weighted by atomic mass is 9.84. The van der Waals surface area contributed by atoms with Crippen LogP contribution in [-0.2, 0) is 6.42 Å². The van der Waals surface area contributed by atoms with Crippen LogP contribution in [0.2, 0.25) is 10.0 Å². The van der Waals surface area contributed by atoms with E-state index in [-0.39, 0.29) is 0 Å². The molecule has 1 saturated carbocycles. The van der Waals surface area contributed by atoms with E-state index in [2.05, 4.69) is 6.07 Å². The van der Waals surface area contributed by atoms with Crippen LogP contribution in [0.5, 0.6) is 0 Å². The summed E-state index contributed by atoms with van der Waals surface area (Å²) in [6.45, 7) is 0. The molecule has 3 heteroatoms. The third-order valence-corrected chi connectivity index (χ3v) is 4.36. The van der Waals surface area contributed by atoms with Gasteiger partial charge in [-0.2, -0.15) is 0 Å². The Labute approximate surface area is 112 Å². The van der Waals surface area contributed by atoms with Crippen LogP contribution in [0.4, 0.5) is 0 Å². The molecule has 16 heavy (non-hydrogen) atoms. The van der Waals surface area contributed by atoms with Crippen LogP contribution < -0.4 is 0 Å². The van der Waals surface area contributed by atoms with Crippen LogP contribution in [0, 0.1) is 5.92 Å². The second-order valence-corrected chi connectivity index (χ2v) is 6.01. The van der Waals surface area contributed by atoms with E-state index in [0.29, 0.717) is 21.3 Å². The predicted octanol–water partition coefficient (Wildman–Crippen LogP) is 5.33. The number of alkyl halides is 1. The molecule has 2 unspecified atom stereocenters. The van der Waals surface area contributed by atoms with Gasteiger partial charge in [-0.05, 0) is 42.9 Å². The predicted molar refractivity (Wildman–Crippen MR) is 71.8 cm³/mol. The molecule has 1 aromatic rings. The maximum Gasteiger partial charge on any atom is 0.0595 e. The van der Waals surface area contributed by atoms with E-state index in [1.54, 1.807) is 0 Å². The van der Waals surface area contributed by atoms with E-state index in [9.17, 15) is 0 Å². The minimum absolute atomic E-state index is 0.363. The lowest BCUT2D eigenvalue weighted by Crippen LogP contribution is -2.17. The van der Waals surface area contributed by atoms with Gasteiger partial charge >= 0.3 is 0 Å². The molecule has 0 aliphatic heterocycles. The lowest BCUT2D eigenvalue weighted by molar-refractivity contribution is 0.361. The van der Waals surface area contributed by atoms with E-state index in [1.807, 2.05) is 12.1 Å². The second kappa shape index (κ2) is 5.62. The first-order valence-electron chi connectivity index (χ1n) is 5.73. The molecule has 0 bridgehead atoms. The molecule has 0 N–H and O–H groups in total. The highest BCUT2D eigenvalue weighted by atomic mass is 35.5. The summed E-state index contributed by atoms with van der Waals surface area (Å²) in [4.78, 5) is 0. The van der Waals surface area contributed by atoms with Gasteiger partial charge in [0.1, 0.15) is 0 Å². The molecule has 0 amide bonds. The van der Waals surface area contributed by atoms with Crippen LogP contribution in [0.3, 0.4) is 0 Å². The number of hydrogen-bond acceptors (Lipinski definition) is 0. The first kappa shape index (κ1) is 12.5. The molecular weight excluding hydrogens is 263 g/mol. The molecule has 0 radical (unpaired) electrons. The lowest BCUT2D eigenvalue weighted by Gasteiger charge is -2.25. The Balaban J connectivity index is 2.00. The van der Waals surface area contributed by atoms with Crippen molar-refractivity contribution >= 4 is 34.8 Å². The highest BCUT2D eigenvalue weighted by Crippen LogP contribution is 2.31. The fraction of sp³-hybridized carbons (Fsp3) is 0.538. The Morgan fingerprint density at radius 1 is 1.12 bits per heavy atom. The Bertz CT molecular complexity index is 362. The van der Waals surface area contributed by atoms with E-state index in [4.69, 9.17) is 34.8 Å². The summed E-state index contributed by atoms with van der Waals surface area (Å²) in [6.07, 6.45) is 5.89. The van der Waals surface area contributed by atoms with E-state index < -0.39 is 0 Å². The van der Waals surface area contributed by atoms with Crippen molar-refractivity contribution in [3.05, 3.63) is 33.8 Å². The fourth-order valence-electron chi connectivity index (χ4n) is 2.41. The molecule has 1 aliphatic rings. The SMILES string of the molecule is Clc1ccc(CC2CCCC(Cl)C2)cc1Cl. The van der Waals surface area contributed by atoms with Gasteiger partial charge in [0, 0.05) is 5.38 Å². The highest BCUT2D eigenvalue weighted by molar-refractivity contribution is 6.42. The van der Waals surface area contributed by atoms with Gasteiger partial charge < -0.3 is 0 Å². The number of halogens is 3. The Morgan fingerprint density at radius 3 is 2.62 bits per heavy atom. The third-order valence-electron chi connectivity index (χ3n) is 3.23. The van der Waals surface area contributed by atoms with Crippen LogP contribution in [-0.4, -0.2) is 5.38 Å². The minimum atomic E-state index is 0.363. The Morgan fingerprint density at radius 2 is 1.94 bits per heavy atom. The normalized spacial score (nSPS) is 25.7. The van der Waals surface area contributed by atoms with Gasteiger partial charge in [-0.1, -0.05) is 42.1 Å². The molecule has 2 rings (SSSR count). The van der Waals surface area contributed by atoms with Crippen molar-refractivity contribution in [2.75, 3.05) is 0 Å². The molecule has 0 spiro atoms. The van der Waals surface area contributed by atoms with Crippen LogP contribution in [0.25, 0.3) is 0 Å². The summed E-state index contributed by atoms with van der Waals surface area (Å²) in [6, 6.07) is 5.91. The third kappa shape index (κ3) is 3.29. The van der Waals surface area contributed by atoms with Crippen molar-refractivity contribution in [1.29, 1.82) is 0 Å². The van der Waals surface area contributed by atoms with Gasteiger partial charge in [0.15, 0.2) is 0 Å². The van der Waals surface area contributed by atoms with Gasteiger partial charge in [0.2, 0.25) is 0 Å². The fourth-order valence-corrected chi connectivity index (χ4v) is 3.14. The van der Waals surface area contributed by atoms with Crippen LogP contribution >= 0.6 is 34.8 Å². The monoisotopic (exact) mass is 276 g/mol. The molecule has 1 aliphatic carbocycles. The zero-order chi connectivity index (χ0) is 11.5. The summed E-state index contributed by atoms with van der Waals surface area (Å²) >= 11 is 18.1. The van der Waals surface area contributed by atoms with E-state index >= 15 is 0 Å². The van der Waals surface area contributed by atoms with Crippen LogP contribution in [0.1, 0.15) is 31.2 Å². The average Bonchev–Trinajstić information content (AvgIpc) is 2.24. The number of hydrogen-bond donors (Lipinski definition) is 0. The molecule has 0 heterocycles. The van der Waals surface area contributed by atoms with Crippen molar-refractivity contribution in [2.45, 2.75) is 37.5 Å². The summed E-state index contributed by atoms with van der Waals surface area (Å²) in [5.41, 5.74) is 1.27. The zero-order valence-corrected chi connectivity index (χ0v) is 11.3. The van der Waals surface area contributed by atoms with Crippen molar-refractivity contribution in [1.82, 2.24) is 0 Å². The quantitative estimate of drug-likeness (QED) is 0.641. The second-order valence-electron chi connectivity index (χ2n) is 4.58. The molecule has 0 aromatic heterocycles. The van der Waals surface area contributed by atoms with Crippen molar-refractivity contribution < 1.29 is 0 Å². The Hall–Kier alpha value is 0.0900. The maximum atomic E-state index is 6.19. The van der Waals surface area contributed by atoms with E-state index in [1.165, 1.54) is 24.8 Å². The van der Waals surface area contributed by atoms with Gasteiger partial charge in [-0.25, -0.2) is 0 Å². The molecule has 0 nitrogen and oxygen atoms in total. The summed E-state index contributed by atoms with van der Waals surface area (Å²) in [7, 11) is 0. The average molecular weight is 278 g/mol. The highest BCUT2D eigenvalue weighted by Gasteiger charge is 2.20. The van der Waals surface area contributed by atoms with Gasteiger partial charge in [0.25, 0.3) is 0 Å². The molecule has 0 saturated heterocycles. The van der Waals surface area contributed by atoms with Crippen molar-refractivity contribution in [3.8, 4) is 0 Å².